The van der Waals surface area contributed by atoms with Gasteiger partial charge in [0.25, 0.3) is 0 Å². The first-order valence-electron chi connectivity index (χ1n) is 11.6. The summed E-state index contributed by atoms with van der Waals surface area (Å²) in [5, 5.41) is 3.72. The molecule has 1 unspecified atom stereocenters. The van der Waals surface area contributed by atoms with Gasteiger partial charge in [-0.05, 0) is 42.5 Å². The van der Waals surface area contributed by atoms with Crippen molar-refractivity contribution in [3.05, 3.63) is 48.3 Å². The Bertz CT molecular complexity index is 1130. The SMILES string of the molecule is COc1cc2ncnc(N3CCCC(COC(=O)Nc4ccc(C(C)C)cc4)C3)c2cc1OC. The van der Waals surface area contributed by atoms with Gasteiger partial charge in [0, 0.05) is 36.1 Å². The zero-order valence-corrected chi connectivity index (χ0v) is 20.2. The first kappa shape index (κ1) is 23.6. The molecule has 1 aliphatic heterocycles. The number of amides is 1. The summed E-state index contributed by atoms with van der Waals surface area (Å²) in [5.41, 5.74) is 2.76. The molecule has 1 fully saturated rings. The summed E-state index contributed by atoms with van der Waals surface area (Å²) in [5.74, 6) is 2.79. The quantitative estimate of drug-likeness (QED) is 0.512. The number of ether oxygens (including phenoxy) is 3. The second kappa shape index (κ2) is 10.6. The van der Waals surface area contributed by atoms with Crippen LogP contribution >= 0.6 is 0 Å². The lowest BCUT2D eigenvalue weighted by atomic mass is 9.98. The fraction of sp³-hybridized carbons (Fsp3) is 0.423. The van der Waals surface area contributed by atoms with Crippen LogP contribution in [0.1, 0.15) is 38.2 Å². The maximum Gasteiger partial charge on any atom is 0.411 e. The minimum Gasteiger partial charge on any atom is -0.493 e. The summed E-state index contributed by atoms with van der Waals surface area (Å²) >= 11 is 0. The minimum atomic E-state index is -0.432. The molecule has 8 nitrogen and oxygen atoms in total. The van der Waals surface area contributed by atoms with Gasteiger partial charge in [-0.2, -0.15) is 0 Å². The van der Waals surface area contributed by atoms with Gasteiger partial charge in [-0.1, -0.05) is 26.0 Å². The van der Waals surface area contributed by atoms with Gasteiger partial charge < -0.3 is 19.1 Å². The molecule has 3 aromatic rings. The lowest BCUT2D eigenvalue weighted by molar-refractivity contribution is 0.135. The van der Waals surface area contributed by atoms with E-state index in [1.807, 2.05) is 36.4 Å². The van der Waals surface area contributed by atoms with Gasteiger partial charge in [-0.25, -0.2) is 14.8 Å². The summed E-state index contributed by atoms with van der Waals surface area (Å²) < 4.78 is 16.4. The van der Waals surface area contributed by atoms with Crippen LogP contribution in [0.3, 0.4) is 0 Å². The monoisotopic (exact) mass is 464 g/mol. The van der Waals surface area contributed by atoms with E-state index in [9.17, 15) is 4.79 Å². The standard InChI is InChI=1S/C26H32N4O4/c1-17(2)19-7-9-20(10-8-19)29-26(31)34-15-18-6-5-11-30(14-18)25-21-12-23(32-3)24(33-4)13-22(21)27-16-28-25/h7-10,12-13,16-18H,5-6,11,14-15H2,1-4H3,(H,29,31). The molecule has 1 aromatic heterocycles. The zero-order valence-electron chi connectivity index (χ0n) is 20.2. The maximum absolute atomic E-state index is 12.3. The van der Waals surface area contributed by atoms with E-state index in [1.165, 1.54) is 5.56 Å². The predicted octanol–water partition coefficient (Wildman–Crippen LogP) is 5.24. The third-order valence-corrected chi connectivity index (χ3v) is 6.21. The van der Waals surface area contributed by atoms with E-state index in [4.69, 9.17) is 14.2 Å². The highest BCUT2D eigenvalue weighted by molar-refractivity contribution is 5.92. The fourth-order valence-electron chi connectivity index (χ4n) is 4.31. The number of nitrogens with zero attached hydrogens (tertiary/aromatic N) is 3. The molecule has 4 rings (SSSR count). The van der Waals surface area contributed by atoms with Crippen molar-refractivity contribution in [2.45, 2.75) is 32.6 Å². The van der Waals surface area contributed by atoms with Gasteiger partial charge in [-0.15, -0.1) is 0 Å². The first-order chi connectivity index (χ1) is 16.5. The number of nitrogens with one attached hydrogen (secondary N) is 1. The number of piperidine rings is 1. The molecular weight excluding hydrogens is 432 g/mol. The Morgan fingerprint density at radius 3 is 2.56 bits per heavy atom. The minimum absolute atomic E-state index is 0.216. The Kier molecular flexibility index (Phi) is 7.35. The number of benzene rings is 2. The highest BCUT2D eigenvalue weighted by atomic mass is 16.5. The molecule has 1 atom stereocenters. The Morgan fingerprint density at radius 1 is 1.12 bits per heavy atom. The van der Waals surface area contributed by atoms with Crippen LogP contribution in [0, 0.1) is 5.92 Å². The van der Waals surface area contributed by atoms with E-state index < -0.39 is 6.09 Å². The summed E-state index contributed by atoms with van der Waals surface area (Å²) in [7, 11) is 3.23. The first-order valence-corrected chi connectivity index (χ1v) is 11.6. The van der Waals surface area contributed by atoms with Crippen LogP contribution in [0.5, 0.6) is 11.5 Å². The Balaban J connectivity index is 1.39. The smallest absolute Gasteiger partial charge is 0.411 e. The molecule has 180 valence electrons. The van der Waals surface area contributed by atoms with Gasteiger partial charge >= 0.3 is 6.09 Å². The van der Waals surface area contributed by atoms with Crippen molar-refractivity contribution in [3.8, 4) is 11.5 Å². The highest BCUT2D eigenvalue weighted by Crippen LogP contribution is 2.35. The summed E-state index contributed by atoms with van der Waals surface area (Å²) in [4.78, 5) is 23.5. The number of carbonyl (C=O) groups is 1. The second-order valence-electron chi connectivity index (χ2n) is 8.88. The van der Waals surface area contributed by atoms with Gasteiger partial charge in [0.15, 0.2) is 11.5 Å². The fourth-order valence-corrected chi connectivity index (χ4v) is 4.31. The molecule has 1 N–H and O–H groups in total. The number of aromatic nitrogens is 2. The predicted molar refractivity (Wildman–Crippen MR) is 133 cm³/mol. The molecule has 0 spiro atoms. The van der Waals surface area contributed by atoms with E-state index in [1.54, 1.807) is 20.5 Å². The van der Waals surface area contributed by atoms with E-state index in [0.717, 1.165) is 48.3 Å². The van der Waals surface area contributed by atoms with Crippen LogP contribution in [0.25, 0.3) is 10.9 Å². The normalized spacial score (nSPS) is 15.9. The molecule has 0 aliphatic carbocycles. The number of anilines is 2. The van der Waals surface area contributed by atoms with Crippen LogP contribution in [-0.4, -0.2) is 50.0 Å². The molecule has 1 saturated heterocycles. The third kappa shape index (κ3) is 5.32. The van der Waals surface area contributed by atoms with Crippen molar-refractivity contribution in [3.63, 3.8) is 0 Å². The zero-order chi connectivity index (χ0) is 24.1. The lowest BCUT2D eigenvalue weighted by Gasteiger charge is -2.33. The summed E-state index contributed by atoms with van der Waals surface area (Å²) in [6, 6.07) is 11.6. The van der Waals surface area contributed by atoms with Crippen molar-refractivity contribution in [1.29, 1.82) is 0 Å². The van der Waals surface area contributed by atoms with Gasteiger partial charge in [0.1, 0.15) is 12.1 Å². The lowest BCUT2D eigenvalue weighted by Crippen LogP contribution is -2.38. The Hall–Kier alpha value is -3.55. The molecular formula is C26H32N4O4. The number of carbonyl (C=O) groups excluding carboxylic acids is 1. The largest absolute Gasteiger partial charge is 0.493 e. The average Bonchev–Trinajstić information content (AvgIpc) is 2.86. The molecule has 0 bridgehead atoms. The van der Waals surface area contributed by atoms with Crippen LogP contribution in [0.15, 0.2) is 42.7 Å². The second-order valence-corrected chi connectivity index (χ2v) is 8.88. The molecule has 2 aromatic carbocycles. The van der Waals surface area contributed by atoms with Crippen molar-refractivity contribution in [2.75, 3.05) is 44.1 Å². The topological polar surface area (TPSA) is 85.8 Å². The van der Waals surface area contributed by atoms with Crippen molar-refractivity contribution in [2.24, 2.45) is 5.92 Å². The number of hydrogen-bond donors (Lipinski definition) is 1. The number of fused-ring (bicyclic) bond motifs is 1. The molecule has 1 amide bonds. The Labute approximate surface area is 200 Å². The molecule has 34 heavy (non-hydrogen) atoms. The summed E-state index contributed by atoms with van der Waals surface area (Å²) in [6.07, 6.45) is 3.12. The van der Waals surface area contributed by atoms with Crippen LogP contribution in [-0.2, 0) is 4.74 Å². The maximum atomic E-state index is 12.3. The van der Waals surface area contributed by atoms with Gasteiger partial charge in [0.05, 0.1) is 26.3 Å². The van der Waals surface area contributed by atoms with Gasteiger partial charge in [-0.3, -0.25) is 5.32 Å². The van der Waals surface area contributed by atoms with E-state index >= 15 is 0 Å². The molecule has 2 heterocycles. The Morgan fingerprint density at radius 2 is 1.85 bits per heavy atom. The van der Waals surface area contributed by atoms with E-state index in [2.05, 4.69) is 34.0 Å². The molecule has 0 saturated carbocycles. The third-order valence-electron chi connectivity index (χ3n) is 6.21. The van der Waals surface area contributed by atoms with Crippen molar-refractivity contribution in [1.82, 2.24) is 9.97 Å². The van der Waals surface area contributed by atoms with E-state index in [0.29, 0.717) is 24.0 Å². The molecule has 1 aliphatic rings. The van der Waals surface area contributed by atoms with E-state index in [-0.39, 0.29) is 5.92 Å². The van der Waals surface area contributed by atoms with Crippen LogP contribution in [0.4, 0.5) is 16.3 Å². The molecule has 0 radical (unpaired) electrons. The summed E-state index contributed by atoms with van der Waals surface area (Å²) in [6.45, 7) is 6.26. The number of hydrogen-bond acceptors (Lipinski definition) is 7. The average molecular weight is 465 g/mol. The molecule has 8 heteroatoms. The van der Waals surface area contributed by atoms with Crippen LogP contribution in [0.2, 0.25) is 0 Å². The number of methoxy groups -OCH3 is 2. The van der Waals surface area contributed by atoms with Gasteiger partial charge in [0.2, 0.25) is 0 Å². The van der Waals surface area contributed by atoms with Crippen molar-refractivity contribution >= 4 is 28.5 Å². The van der Waals surface area contributed by atoms with Crippen molar-refractivity contribution < 1.29 is 19.0 Å². The van der Waals surface area contributed by atoms with Crippen LogP contribution < -0.4 is 19.7 Å². The highest BCUT2D eigenvalue weighted by Gasteiger charge is 2.24. The number of rotatable bonds is 7.